The summed E-state index contributed by atoms with van der Waals surface area (Å²) in [5.74, 6) is 0.985. The molecule has 106 valence electrons. The van der Waals surface area contributed by atoms with Gasteiger partial charge in [-0.1, -0.05) is 54.6 Å². The van der Waals surface area contributed by atoms with Crippen LogP contribution < -0.4 is 4.98 Å². The number of hydrogen-bond acceptors (Lipinski definition) is 1. The lowest BCUT2D eigenvalue weighted by Crippen LogP contribution is -2.06. The third-order valence-electron chi connectivity index (χ3n) is 3.84. The van der Waals surface area contributed by atoms with Gasteiger partial charge < -0.3 is 0 Å². The zero-order valence-corrected chi connectivity index (χ0v) is 12.9. The Morgan fingerprint density at radius 2 is 1.18 bits per heavy atom. The third-order valence-corrected chi connectivity index (χ3v) is 5.04. The van der Waals surface area contributed by atoms with Crippen molar-refractivity contribution >= 4 is 33.6 Å². The molecule has 1 aromatic heterocycles. The Kier molecular flexibility index (Phi) is 3.53. The van der Waals surface area contributed by atoms with Crippen LogP contribution in [0.4, 0.5) is 0 Å². The van der Waals surface area contributed by atoms with E-state index in [2.05, 4.69) is 83.8 Å². The Hall–Kier alpha value is -2.32. The van der Waals surface area contributed by atoms with Crippen molar-refractivity contribution < 1.29 is 4.98 Å². The molecule has 0 saturated carbocycles. The summed E-state index contributed by atoms with van der Waals surface area (Å²) in [6.07, 6.45) is 0. The highest BCUT2D eigenvalue weighted by Gasteiger charge is 2.13. The van der Waals surface area contributed by atoms with Gasteiger partial charge in [0.25, 0.3) is 0 Å². The first-order chi connectivity index (χ1) is 10.9. The second kappa shape index (κ2) is 5.82. The molecule has 1 heterocycles. The fourth-order valence-electron chi connectivity index (χ4n) is 2.76. The number of aromatic nitrogens is 1. The van der Waals surface area contributed by atoms with Crippen LogP contribution in [0, 0.1) is 0 Å². The highest BCUT2D eigenvalue weighted by Crippen LogP contribution is 2.34. The van der Waals surface area contributed by atoms with Crippen LogP contribution in [0.3, 0.4) is 0 Å². The summed E-state index contributed by atoms with van der Waals surface area (Å²) in [7, 11) is 0. The Morgan fingerprint density at radius 3 is 1.82 bits per heavy atom. The van der Waals surface area contributed by atoms with Gasteiger partial charge in [0.15, 0.2) is 0 Å². The van der Waals surface area contributed by atoms with Gasteiger partial charge in [0.05, 0.1) is 10.8 Å². The van der Waals surface area contributed by atoms with E-state index in [1.807, 2.05) is 11.8 Å². The van der Waals surface area contributed by atoms with Gasteiger partial charge in [-0.25, -0.2) is 4.98 Å². The predicted octanol–water partition coefficient (Wildman–Crippen LogP) is 5.10. The number of H-pyrrole nitrogens is 1. The molecule has 2 heteroatoms. The van der Waals surface area contributed by atoms with Crippen molar-refractivity contribution in [3.63, 3.8) is 0 Å². The van der Waals surface area contributed by atoms with Crippen molar-refractivity contribution in [1.29, 1.82) is 0 Å². The number of aromatic amines is 1. The number of rotatable bonds is 3. The van der Waals surface area contributed by atoms with Gasteiger partial charge in [-0.2, -0.15) is 0 Å². The molecule has 1 nitrogen and oxygen atoms in total. The smallest absolute Gasteiger partial charge is 0.204 e. The molecule has 0 bridgehead atoms. The normalized spacial score (nSPS) is 11.1. The molecule has 3 aromatic carbocycles. The largest absolute Gasteiger partial charge is 0.212 e. The Balaban J connectivity index is 1.85. The standard InChI is InChI=1S/C20H15NS/c1-2-8-15(9-3-1)14-22-20-16-10-4-6-12-18(16)21-19-13-7-5-11-17(19)20/h1-13H,14H2/p+1. The van der Waals surface area contributed by atoms with Crippen LogP contribution in [0.25, 0.3) is 21.8 Å². The molecule has 4 rings (SSSR count). The fourth-order valence-corrected chi connectivity index (χ4v) is 3.93. The third kappa shape index (κ3) is 2.46. The summed E-state index contributed by atoms with van der Waals surface area (Å²) in [4.78, 5) is 4.89. The van der Waals surface area contributed by atoms with Crippen molar-refractivity contribution in [2.45, 2.75) is 10.6 Å². The second-order valence-electron chi connectivity index (χ2n) is 5.32. The molecule has 0 unspecified atom stereocenters. The number of pyridine rings is 1. The first kappa shape index (κ1) is 13.4. The number of nitrogens with one attached hydrogen (secondary N) is 1. The van der Waals surface area contributed by atoms with Gasteiger partial charge in [0.2, 0.25) is 11.0 Å². The molecule has 4 aromatic rings. The van der Waals surface area contributed by atoms with E-state index in [1.165, 1.54) is 32.3 Å². The molecule has 1 N–H and O–H groups in total. The lowest BCUT2D eigenvalue weighted by Gasteiger charge is -2.07. The van der Waals surface area contributed by atoms with Gasteiger partial charge in [0, 0.05) is 22.8 Å². The minimum atomic E-state index is 0.985. The molecule has 0 aliphatic carbocycles. The van der Waals surface area contributed by atoms with Gasteiger partial charge in [0.1, 0.15) is 0 Å². The molecule has 0 fully saturated rings. The SMILES string of the molecule is c1ccc(CSc2c3ccccc3[nH+]c3ccccc23)cc1. The second-order valence-corrected chi connectivity index (χ2v) is 6.31. The maximum Gasteiger partial charge on any atom is 0.212 e. The maximum atomic E-state index is 3.53. The summed E-state index contributed by atoms with van der Waals surface area (Å²) in [6.45, 7) is 0. The van der Waals surface area contributed by atoms with Gasteiger partial charge in [-0.05, 0) is 17.7 Å². The van der Waals surface area contributed by atoms with Crippen molar-refractivity contribution in [3.05, 3.63) is 84.4 Å². The number of para-hydroxylation sites is 2. The van der Waals surface area contributed by atoms with Gasteiger partial charge in [-0.15, -0.1) is 11.8 Å². The maximum absolute atomic E-state index is 3.53. The van der Waals surface area contributed by atoms with Crippen molar-refractivity contribution in [3.8, 4) is 0 Å². The average Bonchev–Trinajstić information content (AvgIpc) is 2.59. The minimum absolute atomic E-state index is 0.985. The topological polar surface area (TPSA) is 14.1 Å². The number of fused-ring (bicyclic) bond motifs is 2. The van der Waals surface area contributed by atoms with E-state index < -0.39 is 0 Å². The van der Waals surface area contributed by atoms with Crippen molar-refractivity contribution in [2.75, 3.05) is 0 Å². The molecule has 0 saturated heterocycles. The van der Waals surface area contributed by atoms with Crippen molar-refractivity contribution in [1.82, 2.24) is 0 Å². The van der Waals surface area contributed by atoms with E-state index in [-0.39, 0.29) is 0 Å². The molecular formula is C20H16NS+. The molecule has 22 heavy (non-hydrogen) atoms. The Morgan fingerprint density at radius 1 is 0.636 bits per heavy atom. The van der Waals surface area contributed by atoms with Crippen LogP contribution in [0.15, 0.2) is 83.8 Å². The van der Waals surface area contributed by atoms with E-state index in [1.54, 1.807) is 0 Å². The highest BCUT2D eigenvalue weighted by molar-refractivity contribution is 7.99. The number of hydrogen-bond donors (Lipinski definition) is 0. The molecule has 0 aliphatic rings. The molecule has 0 radical (unpaired) electrons. The van der Waals surface area contributed by atoms with Crippen molar-refractivity contribution in [2.24, 2.45) is 0 Å². The molecular weight excluding hydrogens is 286 g/mol. The van der Waals surface area contributed by atoms with Crippen LogP contribution in [0.1, 0.15) is 5.56 Å². The molecule has 0 amide bonds. The molecule has 0 aliphatic heterocycles. The van der Waals surface area contributed by atoms with Gasteiger partial charge in [-0.3, -0.25) is 0 Å². The summed E-state index contributed by atoms with van der Waals surface area (Å²) in [6, 6.07) is 27.7. The van der Waals surface area contributed by atoms with Crippen LogP contribution in [0.5, 0.6) is 0 Å². The van der Waals surface area contributed by atoms with E-state index in [9.17, 15) is 0 Å². The van der Waals surface area contributed by atoms with Gasteiger partial charge >= 0.3 is 0 Å². The van der Waals surface area contributed by atoms with E-state index in [0.717, 1.165) is 5.75 Å². The summed E-state index contributed by atoms with van der Waals surface area (Å²) in [5, 5.41) is 2.59. The van der Waals surface area contributed by atoms with Crippen LogP contribution in [0.2, 0.25) is 0 Å². The fraction of sp³-hybridized carbons (Fsp3) is 0.0500. The summed E-state index contributed by atoms with van der Waals surface area (Å²) in [5.41, 5.74) is 3.74. The lowest BCUT2D eigenvalue weighted by molar-refractivity contribution is -0.310. The monoisotopic (exact) mass is 302 g/mol. The summed E-state index contributed by atoms with van der Waals surface area (Å²) >= 11 is 1.91. The quantitative estimate of drug-likeness (QED) is 0.379. The van der Waals surface area contributed by atoms with E-state index in [0.29, 0.717) is 0 Å². The highest BCUT2D eigenvalue weighted by atomic mass is 32.2. The predicted molar refractivity (Wildman–Crippen MR) is 94.0 cm³/mol. The first-order valence-corrected chi connectivity index (χ1v) is 8.40. The number of benzene rings is 3. The lowest BCUT2D eigenvalue weighted by atomic mass is 10.1. The zero-order valence-electron chi connectivity index (χ0n) is 12.1. The first-order valence-electron chi connectivity index (χ1n) is 7.41. The summed E-state index contributed by atoms with van der Waals surface area (Å²) < 4.78 is 0. The number of thioether (sulfide) groups is 1. The van der Waals surface area contributed by atoms with Crippen LogP contribution in [-0.4, -0.2) is 0 Å². The van der Waals surface area contributed by atoms with E-state index >= 15 is 0 Å². The zero-order chi connectivity index (χ0) is 14.8. The molecule has 0 atom stereocenters. The molecule has 0 spiro atoms. The Labute approximate surface area is 134 Å². The minimum Gasteiger partial charge on any atom is -0.204 e. The van der Waals surface area contributed by atoms with Crippen LogP contribution in [-0.2, 0) is 5.75 Å². The Bertz CT molecular complexity index is 878. The van der Waals surface area contributed by atoms with E-state index in [4.69, 9.17) is 0 Å². The average molecular weight is 302 g/mol. The van der Waals surface area contributed by atoms with Crippen LogP contribution >= 0.6 is 11.8 Å².